The minimum atomic E-state index is -0.517. The fourth-order valence-electron chi connectivity index (χ4n) is 2.94. The van der Waals surface area contributed by atoms with Gasteiger partial charge in [0.05, 0.1) is 7.11 Å². The van der Waals surface area contributed by atoms with Gasteiger partial charge in [0.1, 0.15) is 5.41 Å². The third kappa shape index (κ3) is 2.06. The maximum atomic E-state index is 12.3. The number of halogens is 1. The summed E-state index contributed by atoms with van der Waals surface area (Å²) < 4.78 is 6.08. The van der Waals surface area contributed by atoms with Gasteiger partial charge in [0.2, 0.25) is 0 Å². The lowest BCUT2D eigenvalue weighted by molar-refractivity contribution is -0.143. The minimum absolute atomic E-state index is 0.145. The van der Waals surface area contributed by atoms with E-state index < -0.39 is 5.41 Å². The molecule has 2 atom stereocenters. The molecule has 0 heterocycles. The van der Waals surface area contributed by atoms with Crippen LogP contribution in [0.3, 0.4) is 0 Å². The Morgan fingerprint density at radius 1 is 1.15 bits per heavy atom. The number of esters is 1. The molecule has 0 saturated heterocycles. The SMILES string of the molecule is COC(=O)[C@]1(c2ccc(Br)cc2)C[C@H]1c1ccccc1. The lowest BCUT2D eigenvalue weighted by Gasteiger charge is -2.16. The van der Waals surface area contributed by atoms with E-state index >= 15 is 0 Å². The third-order valence-electron chi connectivity index (χ3n) is 4.07. The largest absolute Gasteiger partial charge is 0.468 e. The Kier molecular flexibility index (Phi) is 3.38. The maximum Gasteiger partial charge on any atom is 0.316 e. The predicted molar refractivity (Wildman–Crippen MR) is 81.6 cm³/mol. The second-order valence-electron chi connectivity index (χ2n) is 5.14. The highest BCUT2D eigenvalue weighted by atomic mass is 79.9. The van der Waals surface area contributed by atoms with Crippen LogP contribution in [0.4, 0.5) is 0 Å². The van der Waals surface area contributed by atoms with Crippen molar-refractivity contribution in [1.82, 2.24) is 0 Å². The van der Waals surface area contributed by atoms with E-state index in [1.807, 2.05) is 42.5 Å². The average molecular weight is 331 g/mol. The molecule has 0 aromatic heterocycles. The van der Waals surface area contributed by atoms with E-state index in [-0.39, 0.29) is 11.9 Å². The molecule has 1 aliphatic carbocycles. The number of hydrogen-bond acceptors (Lipinski definition) is 2. The van der Waals surface area contributed by atoms with Gasteiger partial charge < -0.3 is 4.74 Å². The first-order chi connectivity index (χ1) is 9.68. The van der Waals surface area contributed by atoms with Crippen molar-refractivity contribution >= 4 is 21.9 Å². The molecule has 0 spiro atoms. The topological polar surface area (TPSA) is 26.3 Å². The van der Waals surface area contributed by atoms with Gasteiger partial charge in [-0.2, -0.15) is 0 Å². The van der Waals surface area contributed by atoms with E-state index in [2.05, 4.69) is 28.1 Å². The standard InChI is InChI=1S/C17H15BrO2/c1-20-16(19)17(13-7-9-14(18)10-8-13)11-15(17)12-5-3-2-4-6-12/h2-10,15H,11H2,1H3/t15-,17-/m0/s1. The molecule has 20 heavy (non-hydrogen) atoms. The number of carbonyl (C=O) groups excluding carboxylic acids is 1. The van der Waals surface area contributed by atoms with Crippen LogP contribution in [0.1, 0.15) is 23.5 Å². The normalized spacial score (nSPS) is 24.2. The zero-order chi connectivity index (χ0) is 14.2. The van der Waals surface area contributed by atoms with Crippen LogP contribution in [0.2, 0.25) is 0 Å². The van der Waals surface area contributed by atoms with Gasteiger partial charge in [0, 0.05) is 10.4 Å². The summed E-state index contributed by atoms with van der Waals surface area (Å²) in [4.78, 5) is 12.3. The van der Waals surface area contributed by atoms with E-state index in [1.54, 1.807) is 0 Å². The summed E-state index contributed by atoms with van der Waals surface area (Å²) in [6, 6.07) is 18.1. The highest BCUT2D eigenvalue weighted by Crippen LogP contribution is 2.61. The van der Waals surface area contributed by atoms with Crippen molar-refractivity contribution in [3.8, 4) is 0 Å². The second-order valence-corrected chi connectivity index (χ2v) is 6.05. The lowest BCUT2D eigenvalue weighted by atomic mass is 9.91. The maximum absolute atomic E-state index is 12.3. The van der Waals surface area contributed by atoms with Gasteiger partial charge in [-0.15, -0.1) is 0 Å². The number of methoxy groups -OCH3 is 1. The van der Waals surface area contributed by atoms with Crippen LogP contribution in [0.15, 0.2) is 59.1 Å². The van der Waals surface area contributed by atoms with Crippen molar-refractivity contribution in [1.29, 1.82) is 0 Å². The quantitative estimate of drug-likeness (QED) is 0.793. The van der Waals surface area contributed by atoms with Crippen molar-refractivity contribution in [2.75, 3.05) is 7.11 Å². The molecule has 0 aliphatic heterocycles. The van der Waals surface area contributed by atoms with Gasteiger partial charge in [-0.25, -0.2) is 0 Å². The van der Waals surface area contributed by atoms with Crippen molar-refractivity contribution in [3.63, 3.8) is 0 Å². The molecule has 1 aliphatic rings. The van der Waals surface area contributed by atoms with Crippen molar-refractivity contribution in [2.24, 2.45) is 0 Å². The zero-order valence-electron chi connectivity index (χ0n) is 11.2. The molecule has 0 unspecified atom stereocenters. The zero-order valence-corrected chi connectivity index (χ0v) is 12.8. The second kappa shape index (κ2) is 5.06. The van der Waals surface area contributed by atoms with Gasteiger partial charge in [-0.05, 0) is 29.7 Å². The first-order valence-corrected chi connectivity index (χ1v) is 7.37. The molecule has 3 rings (SSSR count). The van der Waals surface area contributed by atoms with E-state index in [4.69, 9.17) is 4.74 Å². The Morgan fingerprint density at radius 3 is 2.40 bits per heavy atom. The highest BCUT2D eigenvalue weighted by molar-refractivity contribution is 9.10. The smallest absolute Gasteiger partial charge is 0.316 e. The average Bonchev–Trinajstić information content (AvgIpc) is 3.25. The molecular formula is C17H15BrO2. The van der Waals surface area contributed by atoms with Crippen molar-refractivity contribution < 1.29 is 9.53 Å². The van der Waals surface area contributed by atoms with E-state index in [0.29, 0.717) is 0 Å². The molecule has 2 nitrogen and oxygen atoms in total. The molecule has 1 saturated carbocycles. The number of carbonyl (C=O) groups is 1. The molecule has 3 heteroatoms. The molecule has 0 amide bonds. The van der Waals surface area contributed by atoms with E-state index in [0.717, 1.165) is 16.5 Å². The monoisotopic (exact) mass is 330 g/mol. The van der Waals surface area contributed by atoms with Crippen molar-refractivity contribution in [2.45, 2.75) is 17.8 Å². The Hall–Kier alpha value is -1.61. The summed E-state index contributed by atoms with van der Waals surface area (Å²) in [6.07, 6.45) is 0.811. The summed E-state index contributed by atoms with van der Waals surface area (Å²) in [5, 5.41) is 0. The molecule has 2 aromatic carbocycles. The van der Waals surface area contributed by atoms with Crippen LogP contribution < -0.4 is 0 Å². The van der Waals surface area contributed by atoms with Crippen LogP contribution in [0.5, 0.6) is 0 Å². The van der Waals surface area contributed by atoms with Gasteiger partial charge >= 0.3 is 5.97 Å². The molecule has 2 aromatic rings. The number of ether oxygens (including phenoxy) is 1. The summed E-state index contributed by atoms with van der Waals surface area (Å²) in [5.41, 5.74) is 1.71. The van der Waals surface area contributed by atoms with Crippen LogP contribution in [0.25, 0.3) is 0 Å². The van der Waals surface area contributed by atoms with Crippen LogP contribution in [-0.4, -0.2) is 13.1 Å². The highest BCUT2D eigenvalue weighted by Gasteiger charge is 2.62. The van der Waals surface area contributed by atoms with Gasteiger partial charge in [0.15, 0.2) is 0 Å². The lowest BCUT2D eigenvalue weighted by Crippen LogP contribution is -2.24. The van der Waals surface area contributed by atoms with Crippen molar-refractivity contribution in [3.05, 3.63) is 70.2 Å². The fourth-order valence-corrected chi connectivity index (χ4v) is 3.21. The van der Waals surface area contributed by atoms with Gasteiger partial charge in [0.25, 0.3) is 0 Å². The Balaban J connectivity index is 2.01. The van der Waals surface area contributed by atoms with Gasteiger partial charge in [-0.3, -0.25) is 4.79 Å². The Labute approximate surface area is 126 Å². The number of hydrogen-bond donors (Lipinski definition) is 0. The predicted octanol–water partition coefficient (Wildman–Crippen LogP) is 4.05. The molecule has 0 radical (unpaired) electrons. The summed E-state index contributed by atoms with van der Waals surface area (Å²) >= 11 is 3.43. The molecule has 0 N–H and O–H groups in total. The summed E-state index contributed by atoms with van der Waals surface area (Å²) in [6.45, 7) is 0. The summed E-state index contributed by atoms with van der Waals surface area (Å²) in [5.74, 6) is 0.0611. The first-order valence-electron chi connectivity index (χ1n) is 6.58. The van der Waals surface area contributed by atoms with Crippen LogP contribution in [-0.2, 0) is 14.9 Å². The van der Waals surface area contributed by atoms with Crippen LogP contribution in [0, 0.1) is 0 Å². The van der Waals surface area contributed by atoms with E-state index in [9.17, 15) is 4.79 Å². The molecule has 102 valence electrons. The molecule has 1 fully saturated rings. The summed E-state index contributed by atoms with van der Waals surface area (Å²) in [7, 11) is 1.46. The van der Waals surface area contributed by atoms with Crippen LogP contribution >= 0.6 is 15.9 Å². The Bertz CT molecular complexity index is 621. The molecule has 0 bridgehead atoms. The molecular weight excluding hydrogens is 316 g/mol. The fraction of sp³-hybridized carbons (Fsp3) is 0.235. The first kappa shape index (κ1) is 13.4. The Morgan fingerprint density at radius 2 is 1.80 bits per heavy atom. The third-order valence-corrected chi connectivity index (χ3v) is 4.60. The number of benzene rings is 2. The van der Waals surface area contributed by atoms with E-state index in [1.165, 1.54) is 12.7 Å². The minimum Gasteiger partial charge on any atom is -0.468 e. The number of rotatable bonds is 3. The van der Waals surface area contributed by atoms with Gasteiger partial charge in [-0.1, -0.05) is 58.4 Å².